The maximum absolute atomic E-state index is 11.0. The van der Waals surface area contributed by atoms with Gasteiger partial charge in [0.05, 0.1) is 25.9 Å². The van der Waals surface area contributed by atoms with Crippen molar-refractivity contribution in [3.63, 3.8) is 0 Å². The lowest BCUT2D eigenvalue weighted by Gasteiger charge is -2.33. The van der Waals surface area contributed by atoms with Crippen LogP contribution in [0.1, 0.15) is 17.5 Å². The lowest BCUT2D eigenvalue weighted by Crippen LogP contribution is -2.46. The van der Waals surface area contributed by atoms with E-state index in [2.05, 4.69) is 13.2 Å². The zero-order valence-corrected chi connectivity index (χ0v) is 14.5. The fourth-order valence-corrected chi connectivity index (χ4v) is 2.53. The van der Waals surface area contributed by atoms with Gasteiger partial charge in [0.15, 0.2) is 0 Å². The minimum Gasteiger partial charge on any atom is -0.381 e. The molecule has 0 aromatic heterocycles. The standard InChI is InChI=1S/C22H26O3/c1-3-11-21(25-17-20-14-9-6-10-15-20)22(23,4-2)18-24-16-19-12-7-5-8-13-19/h3-10,12-15,21,23H,1-2,11,16-18H2/t21-,22?/m0/s1. The summed E-state index contributed by atoms with van der Waals surface area (Å²) < 4.78 is 11.7. The molecule has 0 fully saturated rings. The van der Waals surface area contributed by atoms with Gasteiger partial charge in [0.25, 0.3) is 0 Å². The van der Waals surface area contributed by atoms with E-state index in [-0.39, 0.29) is 6.61 Å². The highest BCUT2D eigenvalue weighted by Gasteiger charge is 2.34. The summed E-state index contributed by atoms with van der Waals surface area (Å²) in [5.74, 6) is 0. The van der Waals surface area contributed by atoms with Gasteiger partial charge in [-0.15, -0.1) is 13.2 Å². The van der Waals surface area contributed by atoms with Crippen molar-refractivity contribution in [3.05, 3.63) is 97.1 Å². The second kappa shape index (κ2) is 9.94. The Bertz CT molecular complexity index is 639. The van der Waals surface area contributed by atoms with Crippen LogP contribution in [0, 0.1) is 0 Å². The SMILES string of the molecule is C=CC[C@H](OCc1ccccc1)C(O)(C=C)COCc1ccccc1. The Labute approximate surface area is 150 Å². The Balaban J connectivity index is 1.96. The normalized spacial score (nSPS) is 14.4. The Hall–Kier alpha value is -2.20. The van der Waals surface area contributed by atoms with Crippen LogP contribution in [0.3, 0.4) is 0 Å². The first kappa shape index (κ1) is 19.1. The fourth-order valence-electron chi connectivity index (χ4n) is 2.53. The van der Waals surface area contributed by atoms with Crippen molar-refractivity contribution in [3.8, 4) is 0 Å². The molecule has 0 spiro atoms. The molecular formula is C22H26O3. The summed E-state index contributed by atoms with van der Waals surface area (Å²) in [5.41, 5.74) is 0.824. The summed E-state index contributed by atoms with van der Waals surface area (Å²) in [5, 5.41) is 11.0. The van der Waals surface area contributed by atoms with Crippen LogP contribution in [0.2, 0.25) is 0 Å². The summed E-state index contributed by atoms with van der Waals surface area (Å²) in [4.78, 5) is 0. The predicted octanol–water partition coefficient (Wildman–Crippen LogP) is 4.28. The minimum absolute atomic E-state index is 0.110. The number of hydrogen-bond donors (Lipinski definition) is 1. The summed E-state index contributed by atoms with van der Waals surface area (Å²) in [7, 11) is 0. The van der Waals surface area contributed by atoms with Gasteiger partial charge in [0.1, 0.15) is 5.60 Å². The smallest absolute Gasteiger partial charge is 0.132 e. The highest BCUT2D eigenvalue weighted by molar-refractivity contribution is 5.15. The largest absolute Gasteiger partial charge is 0.381 e. The molecular weight excluding hydrogens is 312 g/mol. The molecule has 0 heterocycles. The van der Waals surface area contributed by atoms with Crippen molar-refractivity contribution < 1.29 is 14.6 Å². The Kier molecular flexibility index (Phi) is 7.61. The molecule has 1 N–H and O–H groups in total. The number of rotatable bonds is 11. The number of hydrogen-bond acceptors (Lipinski definition) is 3. The van der Waals surface area contributed by atoms with Crippen LogP contribution in [0.15, 0.2) is 86.0 Å². The summed E-state index contributed by atoms with van der Waals surface area (Å²) in [6.07, 6.45) is 3.26. The average Bonchev–Trinajstić information content (AvgIpc) is 2.66. The van der Waals surface area contributed by atoms with Gasteiger partial charge in [-0.2, -0.15) is 0 Å². The maximum atomic E-state index is 11.0. The van der Waals surface area contributed by atoms with Gasteiger partial charge in [-0.3, -0.25) is 0 Å². The molecule has 2 aromatic carbocycles. The van der Waals surface area contributed by atoms with Gasteiger partial charge in [-0.05, 0) is 17.5 Å². The van der Waals surface area contributed by atoms with E-state index in [1.807, 2.05) is 60.7 Å². The van der Waals surface area contributed by atoms with Crippen molar-refractivity contribution in [2.45, 2.75) is 31.3 Å². The third kappa shape index (κ3) is 5.98. The van der Waals surface area contributed by atoms with Crippen molar-refractivity contribution >= 4 is 0 Å². The first-order valence-electron chi connectivity index (χ1n) is 8.42. The van der Waals surface area contributed by atoms with E-state index in [1.54, 1.807) is 6.08 Å². The summed E-state index contributed by atoms with van der Waals surface area (Å²) >= 11 is 0. The summed E-state index contributed by atoms with van der Waals surface area (Å²) in [6, 6.07) is 19.7. The molecule has 0 aliphatic carbocycles. The van der Waals surface area contributed by atoms with Crippen LogP contribution in [-0.2, 0) is 22.7 Å². The van der Waals surface area contributed by atoms with E-state index in [4.69, 9.17) is 9.47 Å². The molecule has 0 aliphatic rings. The Morgan fingerprint density at radius 1 is 0.920 bits per heavy atom. The second-order valence-corrected chi connectivity index (χ2v) is 5.98. The predicted molar refractivity (Wildman–Crippen MR) is 101 cm³/mol. The Morgan fingerprint density at radius 2 is 1.48 bits per heavy atom. The van der Waals surface area contributed by atoms with E-state index in [0.717, 1.165) is 11.1 Å². The van der Waals surface area contributed by atoms with Gasteiger partial charge < -0.3 is 14.6 Å². The maximum Gasteiger partial charge on any atom is 0.132 e. The highest BCUT2D eigenvalue weighted by Crippen LogP contribution is 2.22. The molecule has 3 heteroatoms. The topological polar surface area (TPSA) is 38.7 Å². The van der Waals surface area contributed by atoms with Crippen molar-refractivity contribution in [1.29, 1.82) is 0 Å². The molecule has 25 heavy (non-hydrogen) atoms. The average molecular weight is 338 g/mol. The van der Waals surface area contributed by atoms with E-state index >= 15 is 0 Å². The molecule has 0 aliphatic heterocycles. The minimum atomic E-state index is -1.28. The third-order valence-corrected chi connectivity index (χ3v) is 4.03. The lowest BCUT2D eigenvalue weighted by molar-refractivity contribution is -0.122. The quantitative estimate of drug-likeness (QED) is 0.622. The van der Waals surface area contributed by atoms with E-state index < -0.39 is 11.7 Å². The number of aliphatic hydroxyl groups is 1. The zero-order chi connectivity index (χ0) is 18.0. The molecule has 132 valence electrons. The third-order valence-electron chi connectivity index (χ3n) is 4.03. The first-order chi connectivity index (χ1) is 12.2. The van der Waals surface area contributed by atoms with Gasteiger partial charge in [-0.25, -0.2) is 0 Å². The molecule has 3 nitrogen and oxygen atoms in total. The highest BCUT2D eigenvalue weighted by atomic mass is 16.5. The van der Waals surface area contributed by atoms with Gasteiger partial charge >= 0.3 is 0 Å². The van der Waals surface area contributed by atoms with Crippen molar-refractivity contribution in [2.75, 3.05) is 6.61 Å². The molecule has 1 unspecified atom stereocenters. The molecule has 0 radical (unpaired) electrons. The monoisotopic (exact) mass is 338 g/mol. The second-order valence-electron chi connectivity index (χ2n) is 5.98. The van der Waals surface area contributed by atoms with E-state index in [9.17, 15) is 5.11 Å². The first-order valence-corrected chi connectivity index (χ1v) is 8.42. The van der Waals surface area contributed by atoms with Crippen LogP contribution in [0.4, 0.5) is 0 Å². The number of ether oxygens (including phenoxy) is 2. The van der Waals surface area contributed by atoms with Gasteiger partial charge in [-0.1, -0.05) is 72.8 Å². The van der Waals surface area contributed by atoms with Crippen LogP contribution in [-0.4, -0.2) is 23.4 Å². The Morgan fingerprint density at radius 3 is 2.00 bits per heavy atom. The van der Waals surface area contributed by atoms with Crippen LogP contribution in [0.5, 0.6) is 0 Å². The molecule has 0 bridgehead atoms. The van der Waals surface area contributed by atoms with E-state index in [0.29, 0.717) is 19.6 Å². The molecule has 0 saturated heterocycles. The number of benzene rings is 2. The fraction of sp³-hybridized carbons (Fsp3) is 0.273. The zero-order valence-electron chi connectivity index (χ0n) is 14.5. The van der Waals surface area contributed by atoms with Crippen molar-refractivity contribution in [2.24, 2.45) is 0 Å². The molecule has 2 aromatic rings. The lowest BCUT2D eigenvalue weighted by atomic mass is 9.95. The van der Waals surface area contributed by atoms with Crippen LogP contribution < -0.4 is 0 Å². The van der Waals surface area contributed by atoms with Gasteiger partial charge in [0.2, 0.25) is 0 Å². The van der Waals surface area contributed by atoms with E-state index in [1.165, 1.54) is 6.08 Å². The van der Waals surface area contributed by atoms with Crippen LogP contribution >= 0.6 is 0 Å². The molecule has 0 amide bonds. The molecule has 0 saturated carbocycles. The molecule has 2 atom stereocenters. The summed E-state index contributed by atoms with van der Waals surface area (Å²) in [6.45, 7) is 8.48. The van der Waals surface area contributed by atoms with Crippen molar-refractivity contribution in [1.82, 2.24) is 0 Å². The van der Waals surface area contributed by atoms with Gasteiger partial charge in [0, 0.05) is 0 Å². The molecule has 2 rings (SSSR count). The van der Waals surface area contributed by atoms with Crippen LogP contribution in [0.25, 0.3) is 0 Å².